The zero-order chi connectivity index (χ0) is 27.7. The smallest absolute Gasteiger partial charge is 0.221 e. The quantitative estimate of drug-likeness (QED) is 0.396. The normalized spacial score (nSPS) is 15.9. The van der Waals surface area contributed by atoms with Crippen LogP contribution in [0.1, 0.15) is 50.3 Å². The number of halogens is 2. The topological polar surface area (TPSA) is 68.3 Å². The van der Waals surface area contributed by atoms with Gasteiger partial charge >= 0.3 is 0 Å². The number of nitrogens with one attached hydrogen (secondary N) is 1. The maximum Gasteiger partial charge on any atom is 0.221 e. The van der Waals surface area contributed by atoms with E-state index in [1.807, 2.05) is 27.7 Å². The Morgan fingerprint density at radius 1 is 1.22 bits per heavy atom. The Bertz CT molecular complexity index is 1340. The molecule has 0 saturated heterocycles. The Morgan fingerprint density at radius 3 is 2.46 bits per heavy atom. The van der Waals surface area contributed by atoms with Crippen LogP contribution in [-0.2, 0) is 14.3 Å². The number of hydrogen-bond donors (Lipinski definition) is 1. The van der Waals surface area contributed by atoms with Crippen molar-refractivity contribution in [3.63, 3.8) is 0 Å². The molecule has 37 heavy (non-hydrogen) atoms. The molecule has 0 saturated carbocycles. The first-order valence-corrected chi connectivity index (χ1v) is 15.7. The summed E-state index contributed by atoms with van der Waals surface area (Å²) in [6.45, 7) is 13.8. The molecule has 1 aliphatic rings. The predicted molar refractivity (Wildman–Crippen MR) is 144 cm³/mol. The summed E-state index contributed by atoms with van der Waals surface area (Å²) >= 11 is 0. The number of methoxy groups -OCH3 is 1. The number of aryl methyl sites for hydroxylation is 1. The van der Waals surface area contributed by atoms with Gasteiger partial charge in [0, 0.05) is 47.1 Å². The molecular weight excluding hydrogens is 490 g/mol. The van der Waals surface area contributed by atoms with E-state index in [9.17, 15) is 18.4 Å². The van der Waals surface area contributed by atoms with E-state index >= 15 is 0 Å². The molecule has 3 rings (SSSR count). The van der Waals surface area contributed by atoms with Crippen molar-refractivity contribution in [2.24, 2.45) is 5.92 Å². The van der Waals surface area contributed by atoms with Crippen LogP contribution in [0.3, 0.4) is 0 Å². The maximum absolute atomic E-state index is 14.6. The van der Waals surface area contributed by atoms with E-state index in [1.54, 1.807) is 12.1 Å². The van der Waals surface area contributed by atoms with Crippen LogP contribution in [0.15, 0.2) is 30.2 Å². The molecule has 1 amide bonds. The zero-order valence-corrected chi connectivity index (χ0v) is 23.7. The van der Waals surface area contributed by atoms with Crippen molar-refractivity contribution in [1.82, 2.24) is 10.3 Å². The number of ketones is 1. The van der Waals surface area contributed by atoms with Crippen molar-refractivity contribution in [2.45, 2.75) is 65.7 Å². The summed E-state index contributed by atoms with van der Waals surface area (Å²) in [7, 11) is -0.323. The lowest BCUT2D eigenvalue weighted by atomic mass is 9.90. The molecule has 196 valence electrons. The number of rotatable bonds is 5. The molecule has 0 radical (unpaired) electrons. The van der Waals surface area contributed by atoms with Crippen LogP contribution in [0.25, 0.3) is 16.8 Å². The summed E-state index contributed by atoms with van der Waals surface area (Å²) in [4.78, 5) is 29.9. The number of carbonyl (C=O) groups is 2. The van der Waals surface area contributed by atoms with Crippen molar-refractivity contribution in [1.29, 1.82) is 0 Å². The van der Waals surface area contributed by atoms with Gasteiger partial charge in [-0.2, -0.15) is 0 Å². The van der Waals surface area contributed by atoms with Gasteiger partial charge in [0.05, 0.1) is 18.9 Å². The largest absolute Gasteiger partial charge is 0.500 e. The Morgan fingerprint density at radius 2 is 1.89 bits per heavy atom. The van der Waals surface area contributed by atoms with Crippen LogP contribution in [0.2, 0.25) is 19.6 Å². The van der Waals surface area contributed by atoms with Gasteiger partial charge in [0.15, 0.2) is 11.6 Å². The van der Waals surface area contributed by atoms with Crippen LogP contribution in [-0.4, -0.2) is 37.4 Å². The van der Waals surface area contributed by atoms with Crippen molar-refractivity contribution in [3.05, 3.63) is 58.5 Å². The van der Waals surface area contributed by atoms with Gasteiger partial charge in [0.1, 0.15) is 25.3 Å². The van der Waals surface area contributed by atoms with Gasteiger partial charge in [-0.25, -0.2) is 8.78 Å². The fourth-order valence-electron chi connectivity index (χ4n) is 4.39. The van der Waals surface area contributed by atoms with E-state index in [1.165, 1.54) is 7.11 Å². The minimum atomic E-state index is -1.82. The summed E-state index contributed by atoms with van der Waals surface area (Å²) in [6.07, 6.45) is 1.23. The van der Waals surface area contributed by atoms with E-state index in [0.717, 1.165) is 12.3 Å². The van der Waals surface area contributed by atoms with Crippen molar-refractivity contribution < 1.29 is 23.1 Å². The Hall–Kier alpha value is -3.31. The second-order valence-corrected chi connectivity index (χ2v) is 16.2. The average Bonchev–Trinajstić information content (AvgIpc) is 3.04. The summed E-state index contributed by atoms with van der Waals surface area (Å²) in [5.41, 5.74) is 5.60. The number of hydrogen-bond acceptors (Lipinski definition) is 4. The van der Waals surface area contributed by atoms with Gasteiger partial charge in [-0.05, 0) is 45.4 Å². The van der Waals surface area contributed by atoms with Crippen LogP contribution in [0.4, 0.5) is 8.78 Å². The van der Waals surface area contributed by atoms with Crippen molar-refractivity contribution in [3.8, 4) is 22.7 Å². The van der Waals surface area contributed by atoms with Gasteiger partial charge in [-0.3, -0.25) is 14.6 Å². The second-order valence-electron chi connectivity index (χ2n) is 11.5. The monoisotopic (exact) mass is 524 g/mol. The van der Waals surface area contributed by atoms with E-state index in [2.05, 4.69) is 41.4 Å². The van der Waals surface area contributed by atoms with E-state index < -0.39 is 31.2 Å². The molecule has 8 heteroatoms. The number of Topliss-reactive ketones (excluding diaryl/α,β-unsaturated/α-hetero) is 1. The molecule has 1 aromatic heterocycles. The summed E-state index contributed by atoms with van der Waals surface area (Å²) < 4.78 is 33.8. The molecule has 1 aromatic carbocycles. The molecular formula is C29H34F2N2O3Si. The Balaban J connectivity index is 2.19. The molecule has 1 N–H and O–H groups in total. The Kier molecular flexibility index (Phi) is 8.08. The number of allylic oxidation sites excluding steroid dienone is 2. The third kappa shape index (κ3) is 6.92. The predicted octanol–water partition coefficient (Wildman–Crippen LogP) is 5.82. The molecule has 2 aromatic rings. The Labute approximate surface area is 218 Å². The SMILES string of the molecule is COC1=C(c2c(C)cc(-c3ncc(F)cc3F)cc2C#C[Si](C)(C)C)C(=O)CC1CC(=O)NC(C)(C)C. The van der Waals surface area contributed by atoms with Crippen molar-refractivity contribution in [2.75, 3.05) is 7.11 Å². The molecule has 1 heterocycles. The lowest BCUT2D eigenvalue weighted by molar-refractivity contribution is -0.123. The fraction of sp³-hybridized carbons (Fsp3) is 0.414. The van der Waals surface area contributed by atoms with Gasteiger partial charge < -0.3 is 10.1 Å². The summed E-state index contributed by atoms with van der Waals surface area (Å²) in [5.74, 6) is 1.44. The number of ether oxygens (including phenoxy) is 1. The summed E-state index contributed by atoms with van der Waals surface area (Å²) in [6, 6.07) is 4.19. The maximum atomic E-state index is 14.6. The first-order chi connectivity index (χ1) is 17.1. The average molecular weight is 525 g/mol. The number of pyridine rings is 1. The van der Waals surface area contributed by atoms with Gasteiger partial charge in [-0.15, -0.1) is 5.54 Å². The highest BCUT2D eigenvalue weighted by Crippen LogP contribution is 2.41. The second kappa shape index (κ2) is 10.6. The number of carbonyl (C=O) groups excluding carboxylic acids is 2. The van der Waals surface area contributed by atoms with Gasteiger partial charge in [0.2, 0.25) is 5.91 Å². The molecule has 5 nitrogen and oxygen atoms in total. The molecule has 1 unspecified atom stereocenters. The highest BCUT2D eigenvalue weighted by atomic mass is 28.3. The number of aromatic nitrogens is 1. The highest BCUT2D eigenvalue weighted by molar-refractivity contribution is 6.83. The number of nitrogens with zero attached hydrogens (tertiary/aromatic N) is 1. The zero-order valence-electron chi connectivity index (χ0n) is 22.7. The standard InChI is InChI=1S/C29H34F2N2O3Si/c1-17-11-19(27-22(31)15-21(30)16-32-27)12-18(9-10-37(6,7)8)25(17)26-23(34)13-20(28(26)36-5)14-24(35)33-29(2,3)4/h11-12,15-16,20H,13-14H2,1-8H3,(H,33,35). The van der Waals surface area contributed by atoms with Gasteiger partial charge in [-0.1, -0.05) is 25.6 Å². The first-order valence-electron chi connectivity index (χ1n) is 12.2. The lowest BCUT2D eigenvalue weighted by Crippen LogP contribution is -2.41. The van der Waals surface area contributed by atoms with E-state index in [0.29, 0.717) is 33.6 Å². The molecule has 0 bridgehead atoms. The van der Waals surface area contributed by atoms with E-state index in [-0.39, 0.29) is 30.2 Å². The molecule has 1 atom stereocenters. The number of amides is 1. The highest BCUT2D eigenvalue weighted by Gasteiger charge is 2.37. The molecule has 1 aliphatic carbocycles. The van der Waals surface area contributed by atoms with Crippen LogP contribution in [0, 0.1) is 35.9 Å². The molecule has 0 spiro atoms. The minimum absolute atomic E-state index is 0.00234. The minimum Gasteiger partial charge on any atom is -0.500 e. The summed E-state index contributed by atoms with van der Waals surface area (Å²) in [5, 5.41) is 2.94. The third-order valence-electron chi connectivity index (χ3n) is 5.73. The van der Waals surface area contributed by atoms with Crippen LogP contribution >= 0.6 is 0 Å². The third-order valence-corrected chi connectivity index (χ3v) is 6.61. The van der Waals surface area contributed by atoms with Gasteiger partial charge in [0.25, 0.3) is 0 Å². The first kappa shape index (κ1) is 28.3. The number of benzene rings is 1. The fourth-order valence-corrected chi connectivity index (χ4v) is 4.90. The van der Waals surface area contributed by atoms with Crippen LogP contribution < -0.4 is 5.32 Å². The van der Waals surface area contributed by atoms with Crippen molar-refractivity contribution >= 4 is 25.3 Å². The molecule has 0 fully saturated rings. The van der Waals surface area contributed by atoms with Crippen LogP contribution in [0.5, 0.6) is 0 Å². The van der Waals surface area contributed by atoms with E-state index in [4.69, 9.17) is 4.74 Å². The lowest BCUT2D eigenvalue weighted by Gasteiger charge is -2.22. The molecule has 0 aliphatic heterocycles.